The van der Waals surface area contributed by atoms with Crippen molar-refractivity contribution in [2.45, 2.75) is 20.4 Å². The number of pyridine rings is 1. The minimum atomic E-state index is 0.578. The molecule has 2 aromatic rings. The van der Waals surface area contributed by atoms with Crippen molar-refractivity contribution >= 4 is 17.3 Å². The molecule has 94 valence electrons. The summed E-state index contributed by atoms with van der Waals surface area (Å²) in [4.78, 5) is 6.50. The summed E-state index contributed by atoms with van der Waals surface area (Å²) in [5.41, 5.74) is 3.43. The molecule has 0 bridgehead atoms. The summed E-state index contributed by atoms with van der Waals surface area (Å²) < 4.78 is 0. The van der Waals surface area contributed by atoms with Crippen molar-refractivity contribution in [2.24, 2.45) is 0 Å². The maximum absolute atomic E-state index is 5.96. The predicted octanol–water partition coefficient (Wildman–Crippen LogP) is 4.07. The van der Waals surface area contributed by atoms with Crippen molar-refractivity contribution in [2.75, 3.05) is 11.4 Å². The highest BCUT2D eigenvalue weighted by molar-refractivity contribution is 6.30. The Labute approximate surface area is 113 Å². The van der Waals surface area contributed by atoms with Crippen LogP contribution in [0.4, 0.5) is 5.69 Å². The Morgan fingerprint density at radius 2 is 1.94 bits per heavy atom. The topological polar surface area (TPSA) is 16.1 Å². The van der Waals surface area contributed by atoms with Crippen LogP contribution < -0.4 is 4.90 Å². The number of aryl methyl sites for hydroxylation is 1. The third-order valence-corrected chi connectivity index (χ3v) is 3.36. The molecule has 0 spiro atoms. The standard InChI is InChI=1S/C15H17ClN2/c1-3-18(11-13-7-5-4-6-8-13)14-9-12(2)15(16)17-10-14/h4-10H,3,11H2,1-2H3. The predicted molar refractivity (Wildman–Crippen MR) is 77.2 cm³/mol. The monoisotopic (exact) mass is 260 g/mol. The van der Waals surface area contributed by atoms with Crippen molar-refractivity contribution < 1.29 is 0 Å². The molecule has 0 saturated carbocycles. The lowest BCUT2D eigenvalue weighted by atomic mass is 10.2. The van der Waals surface area contributed by atoms with E-state index < -0.39 is 0 Å². The van der Waals surface area contributed by atoms with Gasteiger partial charge in [-0.2, -0.15) is 0 Å². The average Bonchev–Trinajstić information content (AvgIpc) is 2.40. The van der Waals surface area contributed by atoms with E-state index in [0.717, 1.165) is 24.3 Å². The lowest BCUT2D eigenvalue weighted by molar-refractivity contribution is 0.828. The maximum atomic E-state index is 5.96. The molecule has 2 rings (SSSR count). The third kappa shape index (κ3) is 3.02. The zero-order chi connectivity index (χ0) is 13.0. The van der Waals surface area contributed by atoms with E-state index in [1.54, 1.807) is 0 Å². The normalized spacial score (nSPS) is 10.4. The van der Waals surface area contributed by atoms with Crippen LogP contribution in [0.15, 0.2) is 42.6 Å². The third-order valence-electron chi connectivity index (χ3n) is 2.96. The molecule has 1 aromatic carbocycles. The molecule has 0 N–H and O–H groups in total. The van der Waals surface area contributed by atoms with E-state index in [4.69, 9.17) is 11.6 Å². The molecular formula is C15H17ClN2. The number of hydrogen-bond acceptors (Lipinski definition) is 2. The number of rotatable bonds is 4. The number of nitrogens with zero attached hydrogens (tertiary/aromatic N) is 2. The van der Waals surface area contributed by atoms with E-state index in [-0.39, 0.29) is 0 Å². The summed E-state index contributed by atoms with van der Waals surface area (Å²) in [7, 11) is 0. The first-order valence-corrected chi connectivity index (χ1v) is 6.49. The molecule has 0 aliphatic heterocycles. The van der Waals surface area contributed by atoms with Crippen LogP contribution in [-0.4, -0.2) is 11.5 Å². The van der Waals surface area contributed by atoms with Crippen LogP contribution in [-0.2, 0) is 6.54 Å². The first-order valence-electron chi connectivity index (χ1n) is 6.11. The van der Waals surface area contributed by atoms with Crippen molar-refractivity contribution in [3.63, 3.8) is 0 Å². The fraction of sp³-hybridized carbons (Fsp3) is 0.267. The fourth-order valence-electron chi connectivity index (χ4n) is 1.91. The minimum Gasteiger partial charge on any atom is -0.366 e. The van der Waals surface area contributed by atoms with Gasteiger partial charge in [0.1, 0.15) is 5.15 Å². The van der Waals surface area contributed by atoms with E-state index in [1.165, 1.54) is 5.56 Å². The second kappa shape index (κ2) is 5.87. The Balaban J connectivity index is 2.20. The molecule has 3 heteroatoms. The van der Waals surface area contributed by atoms with Gasteiger partial charge >= 0.3 is 0 Å². The van der Waals surface area contributed by atoms with Gasteiger partial charge in [0.2, 0.25) is 0 Å². The molecule has 0 aliphatic carbocycles. The molecule has 18 heavy (non-hydrogen) atoms. The van der Waals surface area contributed by atoms with Gasteiger partial charge in [-0.15, -0.1) is 0 Å². The largest absolute Gasteiger partial charge is 0.366 e. The van der Waals surface area contributed by atoms with Gasteiger partial charge in [0.15, 0.2) is 0 Å². The summed E-state index contributed by atoms with van der Waals surface area (Å²) in [5, 5.41) is 0.578. The zero-order valence-electron chi connectivity index (χ0n) is 10.7. The average molecular weight is 261 g/mol. The Kier molecular flexibility index (Phi) is 4.21. The molecule has 0 radical (unpaired) electrons. The Morgan fingerprint density at radius 1 is 1.22 bits per heavy atom. The van der Waals surface area contributed by atoms with Gasteiger partial charge < -0.3 is 4.90 Å². The smallest absolute Gasteiger partial charge is 0.132 e. The first-order chi connectivity index (χ1) is 8.70. The number of halogens is 1. The van der Waals surface area contributed by atoms with Crippen LogP contribution in [0.25, 0.3) is 0 Å². The molecular weight excluding hydrogens is 244 g/mol. The molecule has 0 saturated heterocycles. The number of hydrogen-bond donors (Lipinski definition) is 0. The molecule has 0 fully saturated rings. The van der Waals surface area contributed by atoms with E-state index >= 15 is 0 Å². The number of anilines is 1. The van der Waals surface area contributed by atoms with Gasteiger partial charge in [-0.05, 0) is 31.0 Å². The Morgan fingerprint density at radius 3 is 2.56 bits per heavy atom. The highest BCUT2D eigenvalue weighted by atomic mass is 35.5. The van der Waals surface area contributed by atoms with E-state index in [1.807, 2.05) is 19.2 Å². The Bertz CT molecular complexity index is 511. The SMILES string of the molecule is CCN(Cc1ccccc1)c1cnc(Cl)c(C)c1. The van der Waals surface area contributed by atoms with Crippen LogP contribution in [0, 0.1) is 6.92 Å². The molecule has 0 amide bonds. The van der Waals surface area contributed by atoms with Crippen molar-refractivity contribution in [1.82, 2.24) is 4.98 Å². The van der Waals surface area contributed by atoms with Crippen molar-refractivity contribution in [3.05, 3.63) is 58.9 Å². The fourth-order valence-corrected chi connectivity index (χ4v) is 2.01. The molecule has 0 aliphatic rings. The summed E-state index contributed by atoms with van der Waals surface area (Å²) in [6, 6.07) is 12.5. The van der Waals surface area contributed by atoms with Gasteiger partial charge in [0, 0.05) is 13.1 Å². The van der Waals surface area contributed by atoms with Gasteiger partial charge in [-0.1, -0.05) is 41.9 Å². The van der Waals surface area contributed by atoms with Crippen LogP contribution in [0.5, 0.6) is 0 Å². The lowest BCUT2D eigenvalue weighted by Crippen LogP contribution is -2.22. The molecule has 1 aromatic heterocycles. The molecule has 1 heterocycles. The van der Waals surface area contributed by atoms with Gasteiger partial charge in [-0.3, -0.25) is 0 Å². The Hall–Kier alpha value is -1.54. The van der Waals surface area contributed by atoms with Crippen molar-refractivity contribution in [3.8, 4) is 0 Å². The van der Waals surface area contributed by atoms with Gasteiger partial charge in [0.05, 0.1) is 11.9 Å². The lowest BCUT2D eigenvalue weighted by Gasteiger charge is -2.23. The van der Waals surface area contributed by atoms with E-state index in [2.05, 4.69) is 47.1 Å². The summed E-state index contributed by atoms with van der Waals surface area (Å²) in [5.74, 6) is 0. The van der Waals surface area contributed by atoms with Gasteiger partial charge in [0.25, 0.3) is 0 Å². The minimum absolute atomic E-state index is 0.578. The highest BCUT2D eigenvalue weighted by Crippen LogP contribution is 2.21. The highest BCUT2D eigenvalue weighted by Gasteiger charge is 2.07. The summed E-state index contributed by atoms with van der Waals surface area (Å²) >= 11 is 5.96. The van der Waals surface area contributed by atoms with Crippen LogP contribution in [0.1, 0.15) is 18.1 Å². The summed E-state index contributed by atoms with van der Waals surface area (Å²) in [6.45, 7) is 5.96. The maximum Gasteiger partial charge on any atom is 0.132 e. The molecule has 0 atom stereocenters. The van der Waals surface area contributed by atoms with Crippen LogP contribution in [0.2, 0.25) is 5.15 Å². The second-order valence-corrected chi connectivity index (χ2v) is 4.66. The number of aromatic nitrogens is 1. The second-order valence-electron chi connectivity index (χ2n) is 4.30. The van der Waals surface area contributed by atoms with Gasteiger partial charge in [-0.25, -0.2) is 4.98 Å². The van der Waals surface area contributed by atoms with E-state index in [9.17, 15) is 0 Å². The van der Waals surface area contributed by atoms with Crippen LogP contribution in [0.3, 0.4) is 0 Å². The zero-order valence-corrected chi connectivity index (χ0v) is 11.5. The molecule has 2 nitrogen and oxygen atoms in total. The van der Waals surface area contributed by atoms with Crippen LogP contribution >= 0.6 is 11.6 Å². The summed E-state index contributed by atoms with van der Waals surface area (Å²) in [6.07, 6.45) is 1.84. The molecule has 0 unspecified atom stereocenters. The quantitative estimate of drug-likeness (QED) is 0.771. The first kappa shape index (κ1) is 12.9. The number of benzene rings is 1. The van der Waals surface area contributed by atoms with E-state index in [0.29, 0.717) is 5.15 Å². The van der Waals surface area contributed by atoms with Crippen molar-refractivity contribution in [1.29, 1.82) is 0 Å².